The number of carbonyl (C=O) groups is 1. The molecule has 162 valence electrons. The summed E-state index contributed by atoms with van der Waals surface area (Å²) < 4.78 is 0. The first-order chi connectivity index (χ1) is 15.2. The number of amides is 1. The highest BCUT2D eigenvalue weighted by molar-refractivity contribution is 7.17. The predicted octanol–water partition coefficient (Wildman–Crippen LogP) is 5.75. The van der Waals surface area contributed by atoms with Crippen LogP contribution in [0.2, 0.25) is 0 Å². The van der Waals surface area contributed by atoms with Gasteiger partial charge in [-0.3, -0.25) is 4.79 Å². The fraction of sp³-hybridized carbons (Fsp3) is 0.462. The Hall–Kier alpha value is -2.24. The van der Waals surface area contributed by atoms with Gasteiger partial charge in [-0.25, -0.2) is 4.98 Å². The number of aryl methyl sites for hydroxylation is 1. The van der Waals surface area contributed by atoms with Crippen molar-refractivity contribution in [1.29, 1.82) is 0 Å². The van der Waals surface area contributed by atoms with Crippen molar-refractivity contribution in [2.75, 3.05) is 26.2 Å². The molecule has 5 heteroatoms. The smallest absolute Gasteiger partial charge is 0.265 e. The van der Waals surface area contributed by atoms with Crippen molar-refractivity contribution in [3.05, 3.63) is 53.0 Å². The standard InChI is InChI=1S/C26H31N3OS/c1-19-24(31-25(27-19)23-12-8-10-20-9-4-5-11-22(20)23)26(30)29-17-13-21(14-18-29)28-15-6-2-3-7-16-28/h4-5,8-12,21H,2-3,6-7,13-18H2,1H3. The molecule has 0 saturated carbocycles. The first kappa shape index (κ1) is 20.7. The minimum atomic E-state index is 0.163. The number of aromatic nitrogens is 1. The van der Waals surface area contributed by atoms with Crippen LogP contribution in [0.3, 0.4) is 0 Å². The molecule has 0 aliphatic carbocycles. The van der Waals surface area contributed by atoms with Gasteiger partial charge < -0.3 is 9.80 Å². The van der Waals surface area contributed by atoms with Crippen LogP contribution in [0.15, 0.2) is 42.5 Å². The van der Waals surface area contributed by atoms with Crippen LogP contribution in [-0.2, 0) is 0 Å². The van der Waals surface area contributed by atoms with Crippen LogP contribution >= 0.6 is 11.3 Å². The third-order valence-corrected chi connectivity index (χ3v) is 8.10. The van der Waals surface area contributed by atoms with Crippen LogP contribution in [0.4, 0.5) is 0 Å². The van der Waals surface area contributed by atoms with E-state index in [4.69, 9.17) is 4.98 Å². The molecule has 0 bridgehead atoms. The van der Waals surface area contributed by atoms with Crippen LogP contribution in [-0.4, -0.2) is 52.9 Å². The summed E-state index contributed by atoms with van der Waals surface area (Å²) in [5.41, 5.74) is 1.97. The molecule has 3 heterocycles. The lowest BCUT2D eigenvalue weighted by molar-refractivity contribution is 0.0626. The quantitative estimate of drug-likeness (QED) is 0.527. The zero-order chi connectivity index (χ0) is 21.2. The molecule has 2 aromatic carbocycles. The third kappa shape index (κ3) is 4.26. The average molecular weight is 434 g/mol. The molecule has 2 aliphatic rings. The minimum Gasteiger partial charge on any atom is -0.338 e. The molecule has 2 aliphatic heterocycles. The predicted molar refractivity (Wildman–Crippen MR) is 129 cm³/mol. The van der Waals surface area contributed by atoms with Crippen molar-refractivity contribution in [2.24, 2.45) is 0 Å². The Kier molecular flexibility index (Phi) is 6.06. The molecule has 2 saturated heterocycles. The first-order valence-electron chi connectivity index (χ1n) is 11.7. The zero-order valence-electron chi connectivity index (χ0n) is 18.3. The molecule has 2 fully saturated rings. The highest BCUT2D eigenvalue weighted by atomic mass is 32.1. The Balaban J connectivity index is 1.31. The molecule has 5 rings (SSSR count). The Morgan fingerprint density at radius 2 is 1.65 bits per heavy atom. The summed E-state index contributed by atoms with van der Waals surface area (Å²) in [6, 6.07) is 15.3. The number of hydrogen-bond acceptors (Lipinski definition) is 4. The molecule has 1 amide bonds. The summed E-state index contributed by atoms with van der Waals surface area (Å²) in [6.45, 7) is 6.17. The number of likely N-dealkylation sites (tertiary alicyclic amines) is 2. The molecular formula is C26H31N3OS. The van der Waals surface area contributed by atoms with Gasteiger partial charge in [0.1, 0.15) is 9.88 Å². The Morgan fingerprint density at radius 3 is 2.42 bits per heavy atom. The second kappa shape index (κ2) is 9.09. The van der Waals surface area contributed by atoms with E-state index in [1.807, 2.05) is 6.92 Å². The summed E-state index contributed by atoms with van der Waals surface area (Å²) in [5.74, 6) is 0.163. The van der Waals surface area contributed by atoms with E-state index in [1.165, 1.54) is 49.5 Å². The molecule has 4 nitrogen and oxygen atoms in total. The highest BCUT2D eigenvalue weighted by Crippen LogP contribution is 2.34. The van der Waals surface area contributed by atoms with Crippen LogP contribution in [0, 0.1) is 6.92 Å². The van der Waals surface area contributed by atoms with E-state index in [0.29, 0.717) is 6.04 Å². The van der Waals surface area contributed by atoms with Gasteiger partial charge in [0.25, 0.3) is 5.91 Å². The molecule has 3 aromatic rings. The molecule has 0 unspecified atom stereocenters. The summed E-state index contributed by atoms with van der Waals surface area (Å²) in [7, 11) is 0. The van der Waals surface area contributed by atoms with Crippen LogP contribution in [0.1, 0.15) is 53.9 Å². The van der Waals surface area contributed by atoms with Gasteiger partial charge >= 0.3 is 0 Å². The SMILES string of the molecule is Cc1nc(-c2cccc3ccccc23)sc1C(=O)N1CCC(N2CCCCCC2)CC1. The van der Waals surface area contributed by atoms with Crippen LogP contribution in [0.25, 0.3) is 21.3 Å². The van der Waals surface area contributed by atoms with Gasteiger partial charge in [-0.2, -0.15) is 0 Å². The second-order valence-electron chi connectivity index (χ2n) is 8.93. The number of piperidine rings is 1. The minimum absolute atomic E-state index is 0.163. The van der Waals surface area contributed by atoms with Gasteiger partial charge in [0, 0.05) is 24.7 Å². The first-order valence-corrected chi connectivity index (χ1v) is 12.5. The van der Waals surface area contributed by atoms with Gasteiger partial charge in [-0.15, -0.1) is 11.3 Å². The Labute approximate surface area is 188 Å². The van der Waals surface area contributed by atoms with Gasteiger partial charge in [0.05, 0.1) is 5.69 Å². The number of thiazole rings is 1. The van der Waals surface area contributed by atoms with E-state index in [9.17, 15) is 4.79 Å². The van der Waals surface area contributed by atoms with Crippen molar-refractivity contribution >= 4 is 28.0 Å². The van der Waals surface area contributed by atoms with Gasteiger partial charge in [-0.1, -0.05) is 55.3 Å². The second-order valence-corrected chi connectivity index (χ2v) is 9.93. The van der Waals surface area contributed by atoms with E-state index in [0.717, 1.165) is 47.1 Å². The lowest BCUT2D eigenvalue weighted by Crippen LogP contribution is -2.47. The molecule has 1 aromatic heterocycles. The molecule has 0 N–H and O–H groups in total. The lowest BCUT2D eigenvalue weighted by atomic mass is 10.0. The number of hydrogen-bond donors (Lipinski definition) is 0. The maximum absolute atomic E-state index is 13.3. The summed E-state index contributed by atoms with van der Waals surface area (Å²) in [6.07, 6.45) is 7.60. The lowest BCUT2D eigenvalue weighted by Gasteiger charge is -2.38. The number of nitrogens with zero attached hydrogens (tertiary/aromatic N) is 3. The monoisotopic (exact) mass is 433 g/mol. The zero-order valence-corrected chi connectivity index (χ0v) is 19.2. The fourth-order valence-corrected chi connectivity index (χ4v) is 6.23. The van der Waals surface area contributed by atoms with Crippen LogP contribution in [0.5, 0.6) is 0 Å². The number of benzene rings is 2. The van der Waals surface area contributed by atoms with Crippen molar-refractivity contribution < 1.29 is 4.79 Å². The molecular weight excluding hydrogens is 402 g/mol. The number of rotatable bonds is 3. The average Bonchev–Trinajstić information content (AvgIpc) is 3.01. The molecule has 0 atom stereocenters. The normalized spacial score (nSPS) is 18.9. The molecule has 31 heavy (non-hydrogen) atoms. The Bertz CT molecular complexity index is 1050. The fourth-order valence-electron chi connectivity index (χ4n) is 5.16. The summed E-state index contributed by atoms with van der Waals surface area (Å²) in [5, 5.41) is 3.34. The van der Waals surface area contributed by atoms with Gasteiger partial charge in [0.2, 0.25) is 0 Å². The number of fused-ring (bicyclic) bond motifs is 1. The number of carbonyl (C=O) groups excluding carboxylic acids is 1. The summed E-state index contributed by atoms with van der Waals surface area (Å²) >= 11 is 1.55. The largest absolute Gasteiger partial charge is 0.338 e. The Morgan fingerprint density at radius 1 is 0.935 bits per heavy atom. The van der Waals surface area contributed by atoms with Gasteiger partial charge in [-0.05, 0) is 56.5 Å². The highest BCUT2D eigenvalue weighted by Gasteiger charge is 2.29. The van der Waals surface area contributed by atoms with Gasteiger partial charge in [0.15, 0.2) is 0 Å². The van der Waals surface area contributed by atoms with Crippen molar-refractivity contribution in [3.8, 4) is 10.6 Å². The van der Waals surface area contributed by atoms with Crippen LogP contribution < -0.4 is 0 Å². The summed E-state index contributed by atoms with van der Waals surface area (Å²) in [4.78, 5) is 23.7. The van der Waals surface area contributed by atoms with E-state index in [2.05, 4.69) is 52.3 Å². The topological polar surface area (TPSA) is 36.4 Å². The van der Waals surface area contributed by atoms with Crippen molar-refractivity contribution in [3.63, 3.8) is 0 Å². The van der Waals surface area contributed by atoms with Crippen molar-refractivity contribution in [2.45, 2.75) is 51.5 Å². The van der Waals surface area contributed by atoms with Crippen molar-refractivity contribution in [1.82, 2.24) is 14.8 Å². The molecule has 0 radical (unpaired) electrons. The third-order valence-electron chi connectivity index (χ3n) is 6.92. The van der Waals surface area contributed by atoms with E-state index >= 15 is 0 Å². The maximum atomic E-state index is 13.3. The van der Waals surface area contributed by atoms with E-state index in [-0.39, 0.29) is 5.91 Å². The maximum Gasteiger partial charge on any atom is 0.265 e. The van der Waals surface area contributed by atoms with E-state index in [1.54, 1.807) is 11.3 Å². The van der Waals surface area contributed by atoms with E-state index < -0.39 is 0 Å². The molecule has 0 spiro atoms.